The Balaban J connectivity index is 1.32. The Hall–Kier alpha value is -6.48. The highest BCUT2D eigenvalue weighted by molar-refractivity contribution is 5.96. The molecule has 2 heterocycles. The zero-order valence-corrected chi connectivity index (χ0v) is 29.1. The van der Waals surface area contributed by atoms with E-state index in [1.54, 1.807) is 6.92 Å². The van der Waals surface area contributed by atoms with Gasteiger partial charge in [-0.3, -0.25) is 4.79 Å². The summed E-state index contributed by atoms with van der Waals surface area (Å²) in [5.41, 5.74) is 6.29. The zero-order chi connectivity index (χ0) is 35.9. The lowest BCUT2D eigenvalue weighted by Crippen LogP contribution is -2.39. The number of aromatic nitrogens is 6. The van der Waals surface area contributed by atoms with Crippen molar-refractivity contribution < 1.29 is 14.3 Å². The smallest absolute Gasteiger partial charge is 0.357 e. The minimum Gasteiger partial charge on any atom is -0.461 e. The van der Waals surface area contributed by atoms with E-state index in [1.807, 2.05) is 95.0 Å². The van der Waals surface area contributed by atoms with Crippen molar-refractivity contribution in [1.82, 2.24) is 29.8 Å². The molecule has 0 amide bonds. The van der Waals surface area contributed by atoms with Crippen LogP contribution in [-0.2, 0) is 23.2 Å². The molecular formula is C43H38N6O3. The number of tetrazole rings is 1. The second kappa shape index (κ2) is 15.2. The average molecular weight is 687 g/mol. The van der Waals surface area contributed by atoms with Gasteiger partial charge < -0.3 is 9.30 Å². The Morgan fingerprint density at radius 2 is 1.29 bits per heavy atom. The first-order chi connectivity index (χ1) is 25.6. The van der Waals surface area contributed by atoms with Crippen molar-refractivity contribution >= 4 is 12.3 Å². The SMILES string of the molecule is CCCn1c(Cc2ccc(-c3ccccc3-c3nnnn3C(c3ccccc3)(c3ccccc3)c3ccccc3)cc2)nc(C=O)c1C(=O)OCC. The fourth-order valence-electron chi connectivity index (χ4n) is 7.02. The molecular weight excluding hydrogens is 649 g/mol. The normalized spacial score (nSPS) is 11.3. The average Bonchev–Trinajstić information content (AvgIpc) is 3.82. The number of aldehydes is 1. The monoisotopic (exact) mass is 686 g/mol. The van der Waals surface area contributed by atoms with Crippen molar-refractivity contribution in [2.75, 3.05) is 6.61 Å². The summed E-state index contributed by atoms with van der Waals surface area (Å²) in [5.74, 6) is 0.714. The number of hydrogen-bond donors (Lipinski definition) is 0. The maximum absolute atomic E-state index is 12.8. The van der Waals surface area contributed by atoms with Crippen LogP contribution in [0.15, 0.2) is 140 Å². The highest BCUT2D eigenvalue weighted by atomic mass is 16.5. The van der Waals surface area contributed by atoms with E-state index in [0.717, 1.165) is 45.4 Å². The van der Waals surface area contributed by atoms with Crippen molar-refractivity contribution in [1.29, 1.82) is 0 Å². The van der Waals surface area contributed by atoms with E-state index in [4.69, 9.17) is 9.95 Å². The predicted molar refractivity (Wildman–Crippen MR) is 200 cm³/mol. The van der Waals surface area contributed by atoms with Crippen LogP contribution in [0.4, 0.5) is 0 Å². The molecule has 2 aromatic heterocycles. The van der Waals surface area contributed by atoms with E-state index in [0.29, 0.717) is 30.9 Å². The predicted octanol–water partition coefficient (Wildman–Crippen LogP) is 8.03. The van der Waals surface area contributed by atoms with Crippen LogP contribution in [0, 0.1) is 0 Å². The molecule has 5 aromatic carbocycles. The topological polar surface area (TPSA) is 105 Å². The maximum atomic E-state index is 12.8. The number of benzene rings is 5. The summed E-state index contributed by atoms with van der Waals surface area (Å²) >= 11 is 0. The van der Waals surface area contributed by atoms with Crippen molar-refractivity contribution in [2.24, 2.45) is 0 Å². The molecule has 258 valence electrons. The summed E-state index contributed by atoms with van der Waals surface area (Å²) < 4.78 is 9.01. The van der Waals surface area contributed by atoms with Gasteiger partial charge in [0.15, 0.2) is 17.8 Å². The fourth-order valence-corrected chi connectivity index (χ4v) is 7.02. The number of nitrogens with zero attached hydrogens (tertiary/aromatic N) is 6. The van der Waals surface area contributed by atoms with Crippen LogP contribution in [0.3, 0.4) is 0 Å². The molecule has 52 heavy (non-hydrogen) atoms. The molecule has 0 radical (unpaired) electrons. The zero-order valence-electron chi connectivity index (χ0n) is 29.1. The van der Waals surface area contributed by atoms with E-state index < -0.39 is 11.5 Å². The molecule has 0 N–H and O–H groups in total. The Morgan fingerprint density at radius 3 is 1.83 bits per heavy atom. The standard InChI is InChI=1S/C43H38N6O3/c1-3-28-48-39(44-38(30-50)40(48)42(51)52-4-2)29-31-24-26-32(27-25-31)36-22-14-15-23-37(36)41-45-46-47-49(41)43(33-16-8-5-9-17-33,34-18-10-6-11-19-34)35-20-12-7-13-21-35/h5-27,30H,3-4,28-29H2,1-2H3. The Morgan fingerprint density at radius 1 is 0.731 bits per heavy atom. The summed E-state index contributed by atoms with van der Waals surface area (Å²) in [6.45, 7) is 4.52. The third kappa shape index (κ3) is 6.21. The van der Waals surface area contributed by atoms with Gasteiger partial charge in [-0.2, -0.15) is 0 Å². The molecule has 0 saturated heterocycles. The molecule has 0 saturated carbocycles. The first-order valence-corrected chi connectivity index (χ1v) is 17.5. The molecule has 0 aliphatic rings. The van der Waals surface area contributed by atoms with E-state index in [2.05, 4.69) is 76.0 Å². The number of hydrogen-bond acceptors (Lipinski definition) is 7. The largest absolute Gasteiger partial charge is 0.461 e. The Kier molecular flexibility index (Phi) is 9.93. The van der Waals surface area contributed by atoms with Gasteiger partial charge in [0.05, 0.1) is 6.61 Å². The minimum absolute atomic E-state index is 0.0998. The van der Waals surface area contributed by atoms with Crippen molar-refractivity contribution in [2.45, 2.75) is 38.8 Å². The lowest BCUT2D eigenvalue weighted by atomic mass is 9.77. The number of carbonyl (C=O) groups is 2. The number of esters is 1. The van der Waals surface area contributed by atoms with Gasteiger partial charge in [0, 0.05) is 18.5 Å². The van der Waals surface area contributed by atoms with Gasteiger partial charge in [-0.25, -0.2) is 14.5 Å². The van der Waals surface area contributed by atoms with Crippen LogP contribution >= 0.6 is 0 Å². The lowest BCUT2D eigenvalue weighted by Gasteiger charge is -2.36. The first kappa shape index (κ1) is 34.0. The molecule has 7 aromatic rings. The number of imidazole rings is 1. The summed E-state index contributed by atoms with van der Waals surface area (Å²) in [7, 11) is 0. The van der Waals surface area contributed by atoms with Gasteiger partial charge in [0.1, 0.15) is 17.1 Å². The Bertz CT molecular complexity index is 2180. The molecule has 0 bridgehead atoms. The third-order valence-corrected chi connectivity index (χ3v) is 9.26. The van der Waals surface area contributed by atoms with Gasteiger partial charge in [-0.05, 0) is 57.2 Å². The summed E-state index contributed by atoms with van der Waals surface area (Å²) in [4.78, 5) is 29.3. The van der Waals surface area contributed by atoms with Gasteiger partial charge in [-0.15, -0.1) is 5.10 Å². The quantitative estimate of drug-likeness (QED) is 0.0687. The van der Waals surface area contributed by atoms with Crippen LogP contribution in [-0.4, -0.2) is 48.6 Å². The summed E-state index contributed by atoms with van der Waals surface area (Å²) in [6.07, 6.45) is 1.83. The highest BCUT2D eigenvalue weighted by Gasteiger charge is 2.42. The lowest BCUT2D eigenvalue weighted by molar-refractivity contribution is 0.0511. The molecule has 0 unspecified atom stereocenters. The molecule has 0 fully saturated rings. The van der Waals surface area contributed by atoms with Crippen LogP contribution in [0.1, 0.15) is 69.3 Å². The number of ether oxygens (including phenoxy) is 1. The number of carbonyl (C=O) groups excluding carboxylic acids is 2. The van der Waals surface area contributed by atoms with Crippen LogP contribution < -0.4 is 0 Å². The van der Waals surface area contributed by atoms with Crippen LogP contribution in [0.2, 0.25) is 0 Å². The highest BCUT2D eigenvalue weighted by Crippen LogP contribution is 2.43. The molecule has 9 nitrogen and oxygen atoms in total. The van der Waals surface area contributed by atoms with Gasteiger partial charge in [0.2, 0.25) is 0 Å². The van der Waals surface area contributed by atoms with Gasteiger partial charge >= 0.3 is 5.97 Å². The third-order valence-electron chi connectivity index (χ3n) is 9.26. The molecule has 9 heteroatoms. The van der Waals surface area contributed by atoms with Crippen molar-refractivity contribution in [3.8, 4) is 22.5 Å². The second-order valence-electron chi connectivity index (χ2n) is 12.4. The van der Waals surface area contributed by atoms with Crippen LogP contribution in [0.5, 0.6) is 0 Å². The van der Waals surface area contributed by atoms with E-state index in [-0.39, 0.29) is 18.0 Å². The maximum Gasteiger partial charge on any atom is 0.357 e. The summed E-state index contributed by atoms with van der Waals surface area (Å²) in [5, 5.41) is 13.7. The fraction of sp³-hybridized carbons (Fsp3) is 0.163. The molecule has 0 aliphatic heterocycles. The van der Waals surface area contributed by atoms with E-state index in [1.165, 1.54) is 0 Å². The Labute approximate surface area is 302 Å². The molecule has 0 aliphatic carbocycles. The van der Waals surface area contributed by atoms with Gasteiger partial charge in [-0.1, -0.05) is 146 Å². The van der Waals surface area contributed by atoms with Gasteiger partial charge in [0.25, 0.3) is 0 Å². The van der Waals surface area contributed by atoms with Crippen molar-refractivity contribution in [3.63, 3.8) is 0 Å². The first-order valence-electron chi connectivity index (χ1n) is 17.5. The minimum atomic E-state index is -0.886. The number of rotatable bonds is 13. The van der Waals surface area contributed by atoms with E-state index >= 15 is 0 Å². The second-order valence-corrected chi connectivity index (χ2v) is 12.4. The molecule has 7 rings (SSSR count). The molecule has 0 spiro atoms. The van der Waals surface area contributed by atoms with Crippen LogP contribution in [0.25, 0.3) is 22.5 Å². The summed E-state index contributed by atoms with van der Waals surface area (Å²) in [6, 6.07) is 47.4. The van der Waals surface area contributed by atoms with Crippen molar-refractivity contribution in [3.05, 3.63) is 179 Å². The van der Waals surface area contributed by atoms with E-state index in [9.17, 15) is 9.59 Å². The molecule has 0 atom stereocenters.